The van der Waals surface area contributed by atoms with Gasteiger partial charge in [-0.2, -0.15) is 0 Å². The van der Waals surface area contributed by atoms with Gasteiger partial charge in [0.05, 0.1) is 12.7 Å². The van der Waals surface area contributed by atoms with Crippen molar-refractivity contribution in [2.75, 3.05) is 13.2 Å². The Hall–Kier alpha value is -0.950. The molecule has 1 saturated carbocycles. The minimum atomic E-state index is -2.15. The van der Waals surface area contributed by atoms with Gasteiger partial charge in [0.25, 0.3) is 5.79 Å². The topological polar surface area (TPSA) is 107 Å². The van der Waals surface area contributed by atoms with Gasteiger partial charge < -0.3 is 25.2 Å². The maximum atomic E-state index is 11.4. The lowest BCUT2D eigenvalue weighted by Gasteiger charge is -2.24. The summed E-state index contributed by atoms with van der Waals surface area (Å²) in [4.78, 5) is 11.4. The van der Waals surface area contributed by atoms with E-state index >= 15 is 0 Å². The lowest BCUT2D eigenvalue weighted by molar-refractivity contribution is -0.226. The number of allylic oxidation sites excluding steroid dienone is 2. The molecule has 0 heterocycles. The third-order valence-electron chi connectivity index (χ3n) is 6.23. The summed E-state index contributed by atoms with van der Waals surface area (Å²) in [5.41, 5.74) is 0. The van der Waals surface area contributed by atoms with Gasteiger partial charge in [-0.05, 0) is 63.2 Å². The van der Waals surface area contributed by atoms with Crippen LogP contribution in [0.5, 0.6) is 0 Å². The number of hydrogen-bond acceptors (Lipinski definition) is 5. The molecule has 0 aromatic heterocycles. The van der Waals surface area contributed by atoms with E-state index in [0.29, 0.717) is 25.2 Å². The highest BCUT2D eigenvalue weighted by molar-refractivity contribution is 5.75. The molecule has 1 fully saturated rings. The molecule has 6 nitrogen and oxygen atoms in total. The van der Waals surface area contributed by atoms with Crippen LogP contribution < -0.4 is 0 Å². The van der Waals surface area contributed by atoms with Crippen LogP contribution in [0.1, 0.15) is 96.8 Å². The van der Waals surface area contributed by atoms with Crippen LogP contribution in [0.2, 0.25) is 0 Å². The Morgan fingerprint density at radius 3 is 2.53 bits per heavy atom. The predicted molar refractivity (Wildman–Crippen MR) is 118 cm³/mol. The van der Waals surface area contributed by atoms with E-state index in [4.69, 9.17) is 9.84 Å². The summed E-state index contributed by atoms with van der Waals surface area (Å²) in [5.74, 6) is -2.78. The van der Waals surface area contributed by atoms with Crippen molar-refractivity contribution in [2.45, 2.75) is 109 Å². The molecule has 0 aromatic rings. The molecule has 0 bridgehead atoms. The second-order valence-electron chi connectivity index (χ2n) is 8.72. The molecule has 0 aliphatic heterocycles. The molecule has 0 amide bonds. The summed E-state index contributed by atoms with van der Waals surface area (Å²) >= 11 is 0. The van der Waals surface area contributed by atoms with E-state index in [1.54, 1.807) is 0 Å². The van der Waals surface area contributed by atoms with Gasteiger partial charge in [-0.25, -0.2) is 4.79 Å². The number of ether oxygens (including phenoxy) is 1. The van der Waals surface area contributed by atoms with Gasteiger partial charge in [0.1, 0.15) is 0 Å². The first-order chi connectivity index (χ1) is 14.4. The summed E-state index contributed by atoms with van der Waals surface area (Å²) in [5, 5.41) is 38.6. The van der Waals surface area contributed by atoms with E-state index < -0.39 is 11.8 Å². The lowest BCUT2D eigenvalue weighted by atomic mass is 9.88. The van der Waals surface area contributed by atoms with E-state index in [2.05, 4.69) is 19.1 Å². The first kappa shape index (κ1) is 27.1. The second-order valence-corrected chi connectivity index (χ2v) is 8.72. The van der Waals surface area contributed by atoms with Crippen molar-refractivity contribution in [3.63, 3.8) is 0 Å². The van der Waals surface area contributed by atoms with Crippen molar-refractivity contribution in [2.24, 2.45) is 11.8 Å². The fourth-order valence-corrected chi connectivity index (χ4v) is 4.30. The van der Waals surface area contributed by atoms with Crippen LogP contribution in [-0.4, -0.2) is 51.5 Å². The van der Waals surface area contributed by atoms with Gasteiger partial charge >= 0.3 is 5.97 Å². The Morgan fingerprint density at radius 2 is 1.83 bits per heavy atom. The molecule has 0 spiro atoms. The maximum Gasteiger partial charge on any atom is 0.364 e. The minimum Gasteiger partial charge on any atom is -0.477 e. The van der Waals surface area contributed by atoms with Crippen molar-refractivity contribution < 1.29 is 30.0 Å². The number of carbonyl (C=O) groups is 1. The number of rotatable bonds is 18. The number of carboxylic acid groups (broad SMARTS) is 1. The van der Waals surface area contributed by atoms with Crippen LogP contribution in [0.4, 0.5) is 0 Å². The normalized spacial score (nSPS) is 23.8. The fraction of sp³-hybridized carbons (Fsp3) is 0.875. The molecule has 1 unspecified atom stereocenters. The monoisotopic (exact) mass is 428 g/mol. The standard InChI is InChI=1S/C24H44O6/c1-2-3-4-5-6-8-13-20-15-16-22(26)21(20)14-9-7-10-17-24(29,23(27)28)30-19-12-11-18-25/h8,13,20-22,25-26,29H,2-7,9-12,14-19H2,1H3,(H,27,28)/t20-,21+,22-,24?/m0/s1. The molecule has 1 aliphatic rings. The van der Waals surface area contributed by atoms with Crippen LogP contribution in [0.15, 0.2) is 12.2 Å². The maximum absolute atomic E-state index is 11.4. The molecule has 176 valence electrons. The average Bonchev–Trinajstić information content (AvgIpc) is 3.07. The third kappa shape index (κ3) is 10.4. The molecule has 4 N–H and O–H groups in total. The van der Waals surface area contributed by atoms with Crippen molar-refractivity contribution in [3.8, 4) is 0 Å². The summed E-state index contributed by atoms with van der Waals surface area (Å²) in [6, 6.07) is 0. The van der Waals surface area contributed by atoms with Crippen molar-refractivity contribution in [1.29, 1.82) is 0 Å². The van der Waals surface area contributed by atoms with E-state index in [9.17, 15) is 20.1 Å². The largest absolute Gasteiger partial charge is 0.477 e. The van der Waals surface area contributed by atoms with E-state index in [0.717, 1.165) is 38.5 Å². The third-order valence-corrected chi connectivity index (χ3v) is 6.23. The highest BCUT2D eigenvalue weighted by Crippen LogP contribution is 2.37. The average molecular weight is 429 g/mol. The van der Waals surface area contributed by atoms with Crippen LogP contribution in [0.25, 0.3) is 0 Å². The summed E-state index contributed by atoms with van der Waals surface area (Å²) in [6.45, 7) is 2.36. The van der Waals surface area contributed by atoms with Gasteiger partial charge in [-0.3, -0.25) is 0 Å². The molecule has 1 aliphatic carbocycles. The van der Waals surface area contributed by atoms with Gasteiger partial charge in [0, 0.05) is 13.0 Å². The molecule has 0 aromatic carbocycles. The number of carboxylic acids is 1. The number of unbranched alkanes of at least 4 members (excludes halogenated alkanes) is 7. The molecule has 0 radical (unpaired) electrons. The molecule has 4 atom stereocenters. The number of hydrogen-bond donors (Lipinski definition) is 4. The first-order valence-corrected chi connectivity index (χ1v) is 12.0. The second kappa shape index (κ2) is 15.8. The number of aliphatic carboxylic acids is 1. The van der Waals surface area contributed by atoms with Gasteiger partial charge in [0.2, 0.25) is 0 Å². The molecule has 30 heavy (non-hydrogen) atoms. The van der Waals surface area contributed by atoms with Gasteiger partial charge in [0.15, 0.2) is 0 Å². The van der Waals surface area contributed by atoms with Crippen LogP contribution >= 0.6 is 0 Å². The van der Waals surface area contributed by atoms with E-state index in [1.807, 2.05) is 0 Å². The molecular formula is C24H44O6. The van der Waals surface area contributed by atoms with Crippen molar-refractivity contribution in [1.82, 2.24) is 0 Å². The highest BCUT2D eigenvalue weighted by Gasteiger charge is 2.37. The number of aliphatic hydroxyl groups is 3. The van der Waals surface area contributed by atoms with Crippen molar-refractivity contribution >= 4 is 5.97 Å². The van der Waals surface area contributed by atoms with Gasteiger partial charge in [-0.15, -0.1) is 0 Å². The zero-order chi connectivity index (χ0) is 22.2. The summed E-state index contributed by atoms with van der Waals surface area (Å²) in [6.07, 6.45) is 16.7. The Bertz CT molecular complexity index is 480. The van der Waals surface area contributed by atoms with Crippen LogP contribution in [0, 0.1) is 11.8 Å². The minimum absolute atomic E-state index is 0.0247. The molecular weight excluding hydrogens is 384 g/mol. The molecule has 6 heteroatoms. The fourth-order valence-electron chi connectivity index (χ4n) is 4.30. The summed E-state index contributed by atoms with van der Waals surface area (Å²) < 4.78 is 5.18. The number of aliphatic hydroxyl groups excluding tert-OH is 2. The van der Waals surface area contributed by atoms with Crippen LogP contribution in [0.3, 0.4) is 0 Å². The smallest absolute Gasteiger partial charge is 0.364 e. The Morgan fingerprint density at radius 1 is 1.07 bits per heavy atom. The quantitative estimate of drug-likeness (QED) is 0.146. The van der Waals surface area contributed by atoms with E-state index in [1.165, 1.54) is 25.7 Å². The first-order valence-electron chi connectivity index (χ1n) is 12.0. The van der Waals surface area contributed by atoms with Crippen LogP contribution in [-0.2, 0) is 9.53 Å². The van der Waals surface area contributed by atoms with Gasteiger partial charge in [-0.1, -0.05) is 51.2 Å². The Kier molecular flexibility index (Phi) is 14.3. The lowest BCUT2D eigenvalue weighted by Crippen LogP contribution is -2.41. The SMILES string of the molecule is CCCCCCC=C[C@H]1CC[C@H](O)[C@@H]1CCCCCC(O)(OCCCCO)C(=O)O. The van der Waals surface area contributed by atoms with Crippen molar-refractivity contribution in [3.05, 3.63) is 12.2 Å². The highest BCUT2D eigenvalue weighted by atomic mass is 16.6. The zero-order valence-electron chi connectivity index (χ0n) is 18.8. The molecule has 0 saturated heterocycles. The summed E-state index contributed by atoms with van der Waals surface area (Å²) in [7, 11) is 0. The molecule has 1 rings (SSSR count). The van der Waals surface area contributed by atoms with E-state index in [-0.39, 0.29) is 31.7 Å². The Labute approximate surface area is 182 Å². The predicted octanol–water partition coefficient (Wildman–Crippen LogP) is 4.41. The Balaban J connectivity index is 2.30. The zero-order valence-corrected chi connectivity index (χ0v) is 18.8.